The molecule has 2 aromatic carbocycles. The summed E-state index contributed by atoms with van der Waals surface area (Å²) in [5, 5.41) is 10.5. The Kier molecular flexibility index (Phi) is 4.57. The Labute approximate surface area is 120 Å². The van der Waals surface area contributed by atoms with Crippen LogP contribution >= 0.6 is 11.6 Å². The second-order valence-corrected chi connectivity index (χ2v) is 4.73. The summed E-state index contributed by atoms with van der Waals surface area (Å²) in [5.74, 6) is -1.45. The smallest absolute Gasteiger partial charge is 0.162 e. The summed E-state index contributed by atoms with van der Waals surface area (Å²) in [4.78, 5) is 0. The van der Waals surface area contributed by atoms with Crippen LogP contribution in [0.3, 0.4) is 0 Å². The summed E-state index contributed by atoms with van der Waals surface area (Å²) >= 11 is 5.89. The highest BCUT2D eigenvalue weighted by atomic mass is 35.5. The largest absolute Gasteiger partial charge is 0.495 e. The summed E-state index contributed by atoms with van der Waals surface area (Å²) in [7, 11) is 1.46. The summed E-state index contributed by atoms with van der Waals surface area (Å²) < 4.78 is 31.7. The predicted molar refractivity (Wildman–Crippen MR) is 73.0 cm³/mol. The standard InChI is InChI=1S/C15H13ClF2O2/c1-20-14-8-9(5-6-11(14)16)13(19)7-10-3-2-4-12(17)15(10)18/h2-6,8,13,19H,7H2,1H3. The van der Waals surface area contributed by atoms with Gasteiger partial charge in [0.25, 0.3) is 0 Å². The first kappa shape index (κ1) is 14.8. The molecular weight excluding hydrogens is 286 g/mol. The molecule has 0 spiro atoms. The summed E-state index contributed by atoms with van der Waals surface area (Å²) in [6.07, 6.45) is -1.01. The molecule has 1 N–H and O–H groups in total. The van der Waals surface area contributed by atoms with Gasteiger partial charge in [-0.1, -0.05) is 29.8 Å². The van der Waals surface area contributed by atoms with E-state index in [1.54, 1.807) is 18.2 Å². The van der Waals surface area contributed by atoms with Crippen molar-refractivity contribution in [2.45, 2.75) is 12.5 Å². The molecule has 0 bridgehead atoms. The van der Waals surface area contributed by atoms with Gasteiger partial charge in [-0.3, -0.25) is 0 Å². The van der Waals surface area contributed by atoms with E-state index in [0.29, 0.717) is 16.3 Å². The lowest BCUT2D eigenvalue weighted by atomic mass is 10.0. The molecule has 0 aromatic heterocycles. The number of benzene rings is 2. The second kappa shape index (κ2) is 6.20. The number of ether oxygens (including phenoxy) is 1. The van der Waals surface area contributed by atoms with Crippen LogP contribution < -0.4 is 4.74 Å². The molecule has 0 heterocycles. The zero-order valence-corrected chi connectivity index (χ0v) is 11.5. The predicted octanol–water partition coefficient (Wildman–Crippen LogP) is 3.90. The molecule has 5 heteroatoms. The Morgan fingerprint density at radius 1 is 1.25 bits per heavy atom. The van der Waals surface area contributed by atoms with Gasteiger partial charge in [0.1, 0.15) is 5.75 Å². The van der Waals surface area contributed by atoms with E-state index >= 15 is 0 Å². The molecule has 2 rings (SSSR count). The first-order valence-corrected chi connectivity index (χ1v) is 6.35. The van der Waals surface area contributed by atoms with E-state index in [1.165, 1.54) is 19.2 Å². The molecule has 0 fully saturated rings. The Balaban J connectivity index is 2.24. The van der Waals surface area contributed by atoms with Crippen LogP contribution in [0.1, 0.15) is 17.2 Å². The lowest BCUT2D eigenvalue weighted by Gasteiger charge is -2.13. The molecule has 0 radical (unpaired) electrons. The van der Waals surface area contributed by atoms with E-state index < -0.39 is 17.7 Å². The first-order chi connectivity index (χ1) is 9.52. The number of hydrogen-bond acceptors (Lipinski definition) is 2. The molecule has 0 aliphatic rings. The molecule has 2 aromatic rings. The summed E-state index contributed by atoms with van der Waals surface area (Å²) in [6.45, 7) is 0. The van der Waals surface area contributed by atoms with Gasteiger partial charge >= 0.3 is 0 Å². The number of halogens is 3. The molecule has 0 aliphatic heterocycles. The minimum Gasteiger partial charge on any atom is -0.495 e. The molecule has 2 nitrogen and oxygen atoms in total. The van der Waals surface area contributed by atoms with Crippen LogP contribution in [0.15, 0.2) is 36.4 Å². The van der Waals surface area contributed by atoms with Crippen LogP contribution in [-0.4, -0.2) is 12.2 Å². The highest BCUT2D eigenvalue weighted by molar-refractivity contribution is 6.32. The third-order valence-electron chi connectivity index (χ3n) is 3.00. The highest BCUT2D eigenvalue weighted by Crippen LogP contribution is 2.29. The molecule has 1 unspecified atom stereocenters. The van der Waals surface area contributed by atoms with Gasteiger partial charge in [0.2, 0.25) is 0 Å². The van der Waals surface area contributed by atoms with Crippen LogP contribution in [0.5, 0.6) is 5.75 Å². The van der Waals surface area contributed by atoms with Crippen LogP contribution in [0.25, 0.3) is 0 Å². The SMILES string of the molecule is COc1cc(C(O)Cc2cccc(F)c2F)ccc1Cl. The Morgan fingerprint density at radius 3 is 2.70 bits per heavy atom. The van der Waals surface area contributed by atoms with Gasteiger partial charge in [0.05, 0.1) is 18.2 Å². The van der Waals surface area contributed by atoms with E-state index in [-0.39, 0.29) is 12.0 Å². The van der Waals surface area contributed by atoms with Gasteiger partial charge in [0.15, 0.2) is 11.6 Å². The monoisotopic (exact) mass is 298 g/mol. The van der Waals surface area contributed by atoms with Gasteiger partial charge in [-0.25, -0.2) is 8.78 Å². The number of rotatable bonds is 4. The molecule has 0 saturated carbocycles. The van der Waals surface area contributed by atoms with E-state index in [2.05, 4.69) is 0 Å². The molecule has 20 heavy (non-hydrogen) atoms. The van der Waals surface area contributed by atoms with Gasteiger partial charge in [-0.05, 0) is 29.3 Å². The van der Waals surface area contributed by atoms with Crippen molar-refractivity contribution in [2.24, 2.45) is 0 Å². The van der Waals surface area contributed by atoms with Crippen LogP contribution in [0.2, 0.25) is 5.02 Å². The van der Waals surface area contributed by atoms with E-state index in [1.807, 2.05) is 0 Å². The van der Waals surface area contributed by atoms with Crippen molar-refractivity contribution in [3.63, 3.8) is 0 Å². The third kappa shape index (κ3) is 3.08. The topological polar surface area (TPSA) is 29.5 Å². The van der Waals surface area contributed by atoms with Crippen molar-refractivity contribution in [3.05, 3.63) is 64.2 Å². The van der Waals surface area contributed by atoms with E-state index in [9.17, 15) is 13.9 Å². The summed E-state index contributed by atoms with van der Waals surface area (Å²) in [6, 6.07) is 8.66. The Bertz CT molecular complexity index is 617. The van der Waals surface area contributed by atoms with Crippen molar-refractivity contribution in [2.75, 3.05) is 7.11 Å². The molecule has 0 amide bonds. The van der Waals surface area contributed by atoms with Crippen LogP contribution in [-0.2, 0) is 6.42 Å². The quantitative estimate of drug-likeness (QED) is 0.927. The second-order valence-electron chi connectivity index (χ2n) is 4.33. The van der Waals surface area contributed by atoms with Crippen molar-refractivity contribution < 1.29 is 18.6 Å². The number of aliphatic hydroxyl groups excluding tert-OH is 1. The average Bonchev–Trinajstić information content (AvgIpc) is 2.44. The Morgan fingerprint density at radius 2 is 2.00 bits per heavy atom. The van der Waals surface area contributed by atoms with Crippen molar-refractivity contribution >= 4 is 11.6 Å². The lowest BCUT2D eigenvalue weighted by Crippen LogP contribution is -2.05. The zero-order chi connectivity index (χ0) is 14.7. The molecule has 0 saturated heterocycles. The fraction of sp³-hybridized carbons (Fsp3) is 0.200. The van der Waals surface area contributed by atoms with Crippen molar-refractivity contribution in [3.8, 4) is 5.75 Å². The fourth-order valence-corrected chi connectivity index (χ4v) is 2.11. The normalized spacial score (nSPS) is 12.2. The molecule has 106 valence electrons. The fourth-order valence-electron chi connectivity index (χ4n) is 1.92. The van der Waals surface area contributed by atoms with Gasteiger partial charge in [0, 0.05) is 6.42 Å². The Hall–Kier alpha value is -1.65. The minimum absolute atomic E-state index is 0.0334. The van der Waals surface area contributed by atoms with E-state index in [0.717, 1.165) is 6.07 Å². The molecule has 1 atom stereocenters. The van der Waals surface area contributed by atoms with E-state index in [4.69, 9.17) is 16.3 Å². The zero-order valence-electron chi connectivity index (χ0n) is 10.7. The number of hydrogen-bond donors (Lipinski definition) is 1. The highest BCUT2D eigenvalue weighted by Gasteiger charge is 2.15. The van der Waals surface area contributed by atoms with Gasteiger partial charge in [-0.2, -0.15) is 0 Å². The number of aliphatic hydroxyl groups is 1. The van der Waals surface area contributed by atoms with Gasteiger partial charge < -0.3 is 9.84 Å². The maximum atomic E-state index is 13.6. The minimum atomic E-state index is -0.975. The van der Waals surface area contributed by atoms with Crippen LogP contribution in [0, 0.1) is 11.6 Å². The summed E-state index contributed by atoms with van der Waals surface area (Å²) in [5.41, 5.74) is 0.640. The average molecular weight is 299 g/mol. The third-order valence-corrected chi connectivity index (χ3v) is 3.32. The lowest BCUT2D eigenvalue weighted by molar-refractivity contribution is 0.176. The molecular formula is C15H13ClF2O2. The maximum absolute atomic E-state index is 13.6. The van der Waals surface area contributed by atoms with Crippen molar-refractivity contribution in [1.82, 2.24) is 0 Å². The first-order valence-electron chi connectivity index (χ1n) is 5.97. The van der Waals surface area contributed by atoms with Crippen LogP contribution in [0.4, 0.5) is 8.78 Å². The maximum Gasteiger partial charge on any atom is 0.162 e. The molecule has 0 aliphatic carbocycles. The van der Waals surface area contributed by atoms with Crippen molar-refractivity contribution in [1.29, 1.82) is 0 Å². The number of methoxy groups -OCH3 is 1. The van der Waals surface area contributed by atoms with Gasteiger partial charge in [-0.15, -0.1) is 0 Å².